The highest BCUT2D eigenvalue weighted by atomic mass is 35.5. The molecule has 5 nitrogen and oxygen atoms in total. The minimum absolute atomic E-state index is 0.0762. The number of benzene rings is 2. The third-order valence-corrected chi connectivity index (χ3v) is 6.40. The van der Waals surface area contributed by atoms with Crippen molar-refractivity contribution in [3.63, 3.8) is 0 Å². The molecule has 1 N–H and O–H groups in total. The molecule has 2 aromatic rings. The van der Waals surface area contributed by atoms with E-state index in [1.165, 1.54) is 0 Å². The van der Waals surface area contributed by atoms with Crippen LogP contribution in [0.15, 0.2) is 42.5 Å². The maximum absolute atomic E-state index is 12.3. The molecule has 28 heavy (non-hydrogen) atoms. The first kappa shape index (κ1) is 22.2. The van der Waals surface area contributed by atoms with Gasteiger partial charge in [-0.2, -0.15) is 0 Å². The highest BCUT2D eigenvalue weighted by Crippen LogP contribution is 2.23. The van der Waals surface area contributed by atoms with E-state index in [4.69, 9.17) is 11.6 Å². The fourth-order valence-corrected chi connectivity index (χ4v) is 4.41. The van der Waals surface area contributed by atoms with Crippen molar-refractivity contribution in [2.45, 2.75) is 32.9 Å². The number of nitrogens with one attached hydrogen (secondary N) is 1. The molecule has 0 heterocycles. The maximum Gasteiger partial charge on any atom is 0.225 e. The van der Waals surface area contributed by atoms with Gasteiger partial charge in [0.25, 0.3) is 0 Å². The largest absolute Gasteiger partial charge is 0.372 e. The van der Waals surface area contributed by atoms with E-state index in [1.807, 2.05) is 25.1 Å². The average Bonchev–Trinajstić information content (AvgIpc) is 2.65. The van der Waals surface area contributed by atoms with Crippen molar-refractivity contribution >= 4 is 38.7 Å². The highest BCUT2D eigenvalue weighted by Gasteiger charge is 2.15. The molecule has 0 atom stereocenters. The molecule has 0 saturated carbocycles. The lowest BCUT2D eigenvalue weighted by atomic mass is 10.1. The van der Waals surface area contributed by atoms with Gasteiger partial charge in [-0.1, -0.05) is 23.7 Å². The summed E-state index contributed by atoms with van der Waals surface area (Å²) in [6, 6.07) is 12.5. The van der Waals surface area contributed by atoms with Gasteiger partial charge in [0, 0.05) is 35.9 Å². The van der Waals surface area contributed by atoms with Gasteiger partial charge in [0.1, 0.15) is 0 Å². The van der Waals surface area contributed by atoms with Crippen molar-refractivity contribution < 1.29 is 13.2 Å². The number of hydrogen-bond donors (Lipinski definition) is 1. The van der Waals surface area contributed by atoms with Gasteiger partial charge in [0.05, 0.1) is 11.5 Å². The molecule has 0 unspecified atom stereocenters. The Morgan fingerprint density at radius 3 is 2.29 bits per heavy atom. The van der Waals surface area contributed by atoms with Crippen LogP contribution in [0.3, 0.4) is 0 Å². The Morgan fingerprint density at radius 1 is 1.07 bits per heavy atom. The van der Waals surface area contributed by atoms with E-state index in [0.717, 1.165) is 24.3 Å². The van der Waals surface area contributed by atoms with Gasteiger partial charge in [0.2, 0.25) is 5.91 Å². The summed E-state index contributed by atoms with van der Waals surface area (Å²) in [6.07, 6.45) is -0.0762. The Bertz CT molecular complexity index is 908. The quantitative estimate of drug-likeness (QED) is 0.648. The molecule has 2 aromatic carbocycles. The summed E-state index contributed by atoms with van der Waals surface area (Å²) in [5, 5.41) is 3.38. The first-order valence-electron chi connectivity index (χ1n) is 9.34. The fourth-order valence-electron chi connectivity index (χ4n) is 2.94. The molecule has 1 amide bonds. The summed E-state index contributed by atoms with van der Waals surface area (Å²) in [7, 11) is -3.38. The maximum atomic E-state index is 12.3. The van der Waals surface area contributed by atoms with Crippen LogP contribution in [0.5, 0.6) is 0 Å². The molecule has 0 aliphatic rings. The number of halogens is 1. The monoisotopic (exact) mass is 422 g/mol. The van der Waals surface area contributed by atoms with Gasteiger partial charge in [-0.05, 0) is 62.2 Å². The number of anilines is 2. The molecule has 0 radical (unpaired) electrons. The lowest BCUT2D eigenvalue weighted by Crippen LogP contribution is -2.22. The summed E-state index contributed by atoms with van der Waals surface area (Å²) in [5.74, 6) is -0.606. The predicted molar refractivity (Wildman–Crippen MR) is 117 cm³/mol. The Labute approximate surface area is 172 Å². The number of hydrogen-bond acceptors (Lipinski definition) is 4. The van der Waals surface area contributed by atoms with Crippen LogP contribution in [0.25, 0.3) is 0 Å². The Kier molecular flexibility index (Phi) is 7.89. The van der Waals surface area contributed by atoms with Crippen LogP contribution in [0.1, 0.15) is 31.4 Å². The standard InChI is InChI=1S/C21H27ClN2O3S/c1-4-24(5-2)19-10-11-20(16(3)14-19)23-21(25)12-13-28(26,27)15-17-6-8-18(22)9-7-17/h6-11,14H,4-5,12-13,15H2,1-3H3,(H,23,25). The van der Waals surface area contributed by atoms with Crippen LogP contribution in [0.4, 0.5) is 11.4 Å². The minimum Gasteiger partial charge on any atom is -0.372 e. The zero-order valence-electron chi connectivity index (χ0n) is 16.5. The van der Waals surface area contributed by atoms with Gasteiger partial charge in [-0.3, -0.25) is 4.79 Å². The van der Waals surface area contributed by atoms with E-state index in [-0.39, 0.29) is 23.8 Å². The number of nitrogens with zero attached hydrogens (tertiary/aromatic N) is 1. The van der Waals surface area contributed by atoms with E-state index in [0.29, 0.717) is 16.3 Å². The first-order chi connectivity index (χ1) is 13.2. The predicted octanol–water partition coefficient (Wildman–Crippen LogP) is 4.44. The molecule has 7 heteroatoms. The average molecular weight is 423 g/mol. The fraction of sp³-hybridized carbons (Fsp3) is 0.381. The van der Waals surface area contributed by atoms with E-state index in [9.17, 15) is 13.2 Å². The van der Waals surface area contributed by atoms with E-state index < -0.39 is 9.84 Å². The molecule has 0 saturated heterocycles. The van der Waals surface area contributed by atoms with Crippen LogP contribution in [0, 0.1) is 6.92 Å². The third kappa shape index (κ3) is 6.53. The van der Waals surface area contributed by atoms with Crippen molar-refractivity contribution in [3.05, 3.63) is 58.6 Å². The van der Waals surface area contributed by atoms with E-state index in [2.05, 4.69) is 24.1 Å². The number of amides is 1. The second-order valence-electron chi connectivity index (χ2n) is 6.69. The van der Waals surface area contributed by atoms with Gasteiger partial charge in [-0.25, -0.2) is 8.42 Å². The SMILES string of the molecule is CCN(CC)c1ccc(NC(=O)CCS(=O)(=O)Cc2ccc(Cl)cc2)c(C)c1. The van der Waals surface area contributed by atoms with Gasteiger partial charge >= 0.3 is 0 Å². The van der Waals surface area contributed by atoms with Gasteiger partial charge in [-0.15, -0.1) is 0 Å². The molecular formula is C21H27ClN2O3S. The van der Waals surface area contributed by atoms with Crippen LogP contribution in [-0.2, 0) is 20.4 Å². The van der Waals surface area contributed by atoms with Gasteiger partial charge < -0.3 is 10.2 Å². The van der Waals surface area contributed by atoms with Crippen molar-refractivity contribution in [3.8, 4) is 0 Å². The molecule has 2 rings (SSSR count). The van der Waals surface area contributed by atoms with E-state index >= 15 is 0 Å². The summed E-state index contributed by atoms with van der Waals surface area (Å²) in [4.78, 5) is 14.5. The van der Waals surface area contributed by atoms with Crippen LogP contribution >= 0.6 is 11.6 Å². The number of carbonyl (C=O) groups is 1. The molecular weight excluding hydrogens is 396 g/mol. The summed E-state index contributed by atoms with van der Waals surface area (Å²) >= 11 is 5.81. The normalized spacial score (nSPS) is 11.3. The first-order valence-corrected chi connectivity index (χ1v) is 11.5. The summed E-state index contributed by atoms with van der Waals surface area (Å²) in [5.41, 5.74) is 3.41. The molecule has 0 fully saturated rings. The number of aryl methyl sites for hydroxylation is 1. The van der Waals surface area contributed by atoms with Crippen molar-refractivity contribution in [1.82, 2.24) is 0 Å². The zero-order chi connectivity index (χ0) is 20.7. The lowest BCUT2D eigenvalue weighted by molar-refractivity contribution is -0.115. The molecule has 0 aromatic heterocycles. The molecule has 0 aliphatic carbocycles. The van der Waals surface area contributed by atoms with Gasteiger partial charge in [0.15, 0.2) is 9.84 Å². The van der Waals surface area contributed by atoms with Crippen molar-refractivity contribution in [2.75, 3.05) is 29.1 Å². The molecule has 0 bridgehead atoms. The van der Waals surface area contributed by atoms with Crippen LogP contribution in [0.2, 0.25) is 5.02 Å². The summed E-state index contributed by atoms with van der Waals surface area (Å²) in [6.45, 7) is 7.94. The smallest absolute Gasteiger partial charge is 0.225 e. The minimum atomic E-state index is -3.38. The molecule has 152 valence electrons. The van der Waals surface area contributed by atoms with Crippen LogP contribution in [-0.4, -0.2) is 33.2 Å². The second kappa shape index (κ2) is 9.94. The summed E-state index contributed by atoms with van der Waals surface area (Å²) < 4.78 is 24.6. The number of rotatable bonds is 9. The Balaban J connectivity index is 1.93. The third-order valence-electron chi connectivity index (χ3n) is 4.55. The number of carbonyl (C=O) groups excluding carboxylic acids is 1. The highest BCUT2D eigenvalue weighted by molar-refractivity contribution is 7.90. The van der Waals surface area contributed by atoms with Crippen molar-refractivity contribution in [2.24, 2.45) is 0 Å². The van der Waals surface area contributed by atoms with Crippen molar-refractivity contribution in [1.29, 1.82) is 0 Å². The van der Waals surface area contributed by atoms with E-state index in [1.54, 1.807) is 24.3 Å². The molecule has 0 spiro atoms. The zero-order valence-corrected chi connectivity index (χ0v) is 18.1. The lowest BCUT2D eigenvalue weighted by Gasteiger charge is -2.22. The second-order valence-corrected chi connectivity index (χ2v) is 9.31. The molecule has 0 aliphatic heterocycles. The Morgan fingerprint density at radius 2 is 1.71 bits per heavy atom. The van der Waals surface area contributed by atoms with Crippen LogP contribution < -0.4 is 10.2 Å². The topological polar surface area (TPSA) is 66.5 Å². The number of sulfone groups is 1. The Hall–Kier alpha value is -2.05.